The van der Waals surface area contributed by atoms with Gasteiger partial charge in [-0.2, -0.15) is 0 Å². The second-order valence-corrected chi connectivity index (χ2v) is 24.6. The molecule has 0 radical (unpaired) electrons. The molecule has 2 heterocycles. The number of methoxy groups -OCH3 is 1. The summed E-state index contributed by atoms with van der Waals surface area (Å²) in [5.41, 5.74) is -4.22. The molecule has 13 N–H and O–H groups in total. The molecule has 96 heavy (non-hydrogen) atoms. The second kappa shape index (κ2) is 32.2. The third kappa shape index (κ3) is 17.8. The first-order valence-electron chi connectivity index (χ1n) is 31.1. The molecule has 3 aromatic rings. The number of carboxylic acids is 2. The van der Waals surface area contributed by atoms with Crippen LogP contribution in [-0.2, 0) is 75.2 Å². The van der Waals surface area contributed by atoms with E-state index in [0.717, 1.165) is 4.90 Å². The van der Waals surface area contributed by atoms with Crippen LogP contribution < -0.4 is 36.6 Å². The number of phenols is 2. The van der Waals surface area contributed by atoms with E-state index in [4.69, 9.17) is 18.9 Å². The first-order valence-corrected chi connectivity index (χ1v) is 31.1. The molecule has 31 nitrogen and oxygen atoms in total. The van der Waals surface area contributed by atoms with Crippen molar-refractivity contribution in [1.29, 1.82) is 0 Å². The second-order valence-electron chi connectivity index (χ2n) is 24.6. The lowest BCUT2D eigenvalue weighted by Gasteiger charge is -2.42. The normalized spacial score (nSPS) is 20.8. The number of hydrogen-bond acceptors (Lipinski definition) is 22. The van der Waals surface area contributed by atoms with Crippen LogP contribution in [0.1, 0.15) is 153 Å². The number of nitrogens with zero attached hydrogens (tertiary/aromatic N) is 1. The highest BCUT2D eigenvalue weighted by molar-refractivity contribution is 6.31. The number of aliphatic hydroxyl groups is 3. The molecular formula is C65H79N7O24. The van der Waals surface area contributed by atoms with Crippen LogP contribution in [0.3, 0.4) is 0 Å². The molecule has 0 aromatic heterocycles. The molecule has 2 aliphatic carbocycles. The quantitative estimate of drug-likeness (QED) is 0.0192. The summed E-state index contributed by atoms with van der Waals surface area (Å²) >= 11 is 0. The Balaban J connectivity index is 0.946. The molecule has 518 valence electrons. The van der Waals surface area contributed by atoms with Crippen LogP contribution >= 0.6 is 0 Å². The average Bonchev–Trinajstić information content (AvgIpc) is 0.752. The first-order chi connectivity index (χ1) is 45.4. The summed E-state index contributed by atoms with van der Waals surface area (Å²) in [6, 6.07) is 2.58. The van der Waals surface area contributed by atoms with Crippen molar-refractivity contribution in [3.63, 3.8) is 0 Å². The number of carbonyl (C=O) groups is 13. The van der Waals surface area contributed by atoms with Crippen LogP contribution in [-0.4, -0.2) is 192 Å². The monoisotopic (exact) mass is 1340 g/mol. The number of nitrogens with one attached hydrogen (secondary N) is 6. The van der Waals surface area contributed by atoms with Gasteiger partial charge >= 0.3 is 18.0 Å². The fourth-order valence-electron chi connectivity index (χ4n) is 11.7. The van der Waals surface area contributed by atoms with Gasteiger partial charge in [0.1, 0.15) is 66.3 Å². The SMILES string of the molecule is COc1cccc2c1C(=O)c1c(O)c3c(c(O)c1C2=O)C[C@@](O)(C(=O)CO)C[C@@H]3O[C@H]1C[C@H](NC(=O)OCc2ccc(NC(=O)[C@H](CC(=O)O)NC(=O)[C@@H](NC(=O)[C@H](CCC(=O)O)NC(=O)[C@H](CC(C)C)NC(=O)CCCCCN3C(=O)C=CC3=O)C(C)C)cc2)[C@H](O)[C@H](C)O1. The van der Waals surface area contributed by atoms with E-state index in [1.807, 2.05) is 0 Å². The van der Waals surface area contributed by atoms with E-state index >= 15 is 0 Å². The van der Waals surface area contributed by atoms with Gasteiger partial charge < -0.3 is 86.6 Å². The Morgan fingerprint density at radius 3 is 2.03 bits per heavy atom. The molecule has 3 aromatic carbocycles. The zero-order valence-electron chi connectivity index (χ0n) is 53.5. The molecule has 0 spiro atoms. The Morgan fingerprint density at radius 2 is 1.41 bits per heavy atom. The molecule has 7 rings (SSSR count). The number of carbonyl (C=O) groups excluding carboxylic acids is 11. The number of phenolic OH excluding ortho intramolecular Hbond substituents is 2. The van der Waals surface area contributed by atoms with Gasteiger partial charge in [0.05, 0.1) is 48.5 Å². The summed E-state index contributed by atoms with van der Waals surface area (Å²) < 4.78 is 22.9. The third-order valence-electron chi connectivity index (χ3n) is 16.7. The molecule has 10 atom stereocenters. The fraction of sp³-hybridized carbons (Fsp3) is 0.492. The van der Waals surface area contributed by atoms with E-state index in [1.54, 1.807) is 13.8 Å². The number of aromatic hydroxyl groups is 2. The number of carboxylic acid groups (broad SMARTS) is 2. The molecule has 0 unspecified atom stereocenters. The topological polar surface area (TPSA) is 476 Å². The van der Waals surface area contributed by atoms with E-state index in [-0.39, 0.29) is 65.4 Å². The van der Waals surface area contributed by atoms with Gasteiger partial charge in [0, 0.05) is 73.2 Å². The number of benzene rings is 3. The van der Waals surface area contributed by atoms with E-state index in [1.165, 1.54) is 82.5 Å². The molecule has 0 bridgehead atoms. The van der Waals surface area contributed by atoms with Gasteiger partial charge in [-0.3, -0.25) is 62.4 Å². The molecule has 1 fully saturated rings. The maximum absolute atomic E-state index is 14.1. The number of imide groups is 1. The summed E-state index contributed by atoms with van der Waals surface area (Å²) in [7, 11) is 1.26. The summed E-state index contributed by atoms with van der Waals surface area (Å²) in [6.07, 6.45) is -6.67. The summed E-state index contributed by atoms with van der Waals surface area (Å²) in [5.74, 6) is -13.5. The van der Waals surface area contributed by atoms with Gasteiger partial charge in [-0.1, -0.05) is 58.4 Å². The molecule has 31 heteroatoms. The number of ether oxygens (including phenoxy) is 4. The van der Waals surface area contributed by atoms with Gasteiger partial charge in [-0.05, 0) is 68.2 Å². The number of amides is 8. The standard InChI is InChI=1S/C65H79N7O24/c1-30(2)23-39(67-44(75)13-8-7-9-22-72-45(76)19-20-46(72)77)62(89)68-37(18-21-47(78)79)60(87)71-54(31(3)4)63(90)69-40(24-48(80)81)61(88)66-34-16-14-33(15-17-34)29-94-64(91)70-38-25-49(95-32(5)55(38)82)96-42-27-65(92,43(74)28-73)26-36-51(42)59(86)53-52(57(36)84)56(83)35-11-10-12-41(93-6)50(35)58(53)85/h10-12,14-17,19-20,30-32,37-40,42,49,54-55,73,82,84,86,92H,7-9,13,18,21-29H2,1-6H3,(H,66,88)(H,67,75)(H,68,89)(H,69,90)(H,70,91)(H,71,87)(H,78,79)(H,80,81)/t32-,37-,38-,39-,40-,42-,49-,54-,55+,65-/m0/s1. The van der Waals surface area contributed by atoms with Crippen molar-refractivity contribution < 1.29 is 117 Å². The Hall–Kier alpha value is -9.69. The zero-order valence-corrected chi connectivity index (χ0v) is 53.5. The van der Waals surface area contributed by atoms with Gasteiger partial charge in [-0.25, -0.2) is 4.79 Å². The van der Waals surface area contributed by atoms with Gasteiger partial charge in [0.2, 0.25) is 35.3 Å². The van der Waals surface area contributed by atoms with E-state index in [9.17, 15) is 98.1 Å². The number of aliphatic carboxylic acids is 2. The number of Topliss-reactive ketones (excluding diaryl/α,β-unsaturated/α-hetero) is 1. The molecule has 0 saturated carbocycles. The Labute approximate surface area is 549 Å². The van der Waals surface area contributed by atoms with Crippen molar-refractivity contribution in [1.82, 2.24) is 31.5 Å². The van der Waals surface area contributed by atoms with Crippen LogP contribution in [0.4, 0.5) is 10.5 Å². The Morgan fingerprint density at radius 1 is 0.750 bits per heavy atom. The van der Waals surface area contributed by atoms with Crippen LogP contribution in [0.15, 0.2) is 54.6 Å². The smallest absolute Gasteiger partial charge is 0.407 e. The third-order valence-corrected chi connectivity index (χ3v) is 16.7. The fourth-order valence-corrected chi connectivity index (χ4v) is 11.7. The number of rotatable bonds is 31. The minimum absolute atomic E-state index is 0.00393. The lowest BCUT2D eigenvalue weighted by Crippen LogP contribution is -2.59. The summed E-state index contributed by atoms with van der Waals surface area (Å²) in [5, 5.41) is 90.7. The van der Waals surface area contributed by atoms with Crippen molar-refractivity contribution >= 4 is 82.4 Å². The number of aliphatic hydroxyl groups excluding tert-OH is 2. The van der Waals surface area contributed by atoms with E-state index < -0.39 is 211 Å². The lowest BCUT2D eigenvalue weighted by molar-refractivity contribution is -0.249. The summed E-state index contributed by atoms with van der Waals surface area (Å²) in [4.78, 5) is 171. The van der Waals surface area contributed by atoms with Gasteiger partial charge in [0.25, 0.3) is 11.8 Å². The highest BCUT2D eigenvalue weighted by Crippen LogP contribution is 2.52. The summed E-state index contributed by atoms with van der Waals surface area (Å²) in [6.45, 7) is 6.63. The Kier molecular flexibility index (Phi) is 24.7. The van der Waals surface area contributed by atoms with Crippen LogP contribution in [0.2, 0.25) is 0 Å². The highest BCUT2D eigenvalue weighted by Gasteiger charge is 2.51. The predicted octanol–water partition coefficient (Wildman–Crippen LogP) is 1.37. The van der Waals surface area contributed by atoms with Crippen molar-refractivity contribution in [3.05, 3.63) is 93.6 Å². The van der Waals surface area contributed by atoms with Crippen molar-refractivity contribution in [2.24, 2.45) is 11.8 Å². The van der Waals surface area contributed by atoms with Crippen molar-refractivity contribution in [2.45, 2.75) is 172 Å². The predicted molar refractivity (Wildman–Crippen MR) is 331 cm³/mol. The van der Waals surface area contributed by atoms with Gasteiger partial charge in [-0.15, -0.1) is 0 Å². The van der Waals surface area contributed by atoms with Crippen molar-refractivity contribution in [2.75, 3.05) is 25.6 Å². The van der Waals surface area contributed by atoms with Gasteiger partial charge in [0.15, 0.2) is 17.9 Å². The van der Waals surface area contributed by atoms with E-state index in [0.29, 0.717) is 24.8 Å². The lowest BCUT2D eigenvalue weighted by atomic mass is 9.72. The molecule has 8 amide bonds. The average molecular weight is 1340 g/mol. The number of fused-ring (bicyclic) bond motifs is 3. The largest absolute Gasteiger partial charge is 0.507 e. The number of anilines is 1. The van der Waals surface area contributed by atoms with Crippen LogP contribution in [0.5, 0.6) is 17.2 Å². The zero-order chi connectivity index (χ0) is 70.6. The van der Waals surface area contributed by atoms with Crippen molar-refractivity contribution in [3.8, 4) is 17.2 Å². The number of unbranched alkanes of at least 4 members (excludes halogenated alkanes) is 2. The number of alkyl carbamates (subject to hydrolysis) is 1. The minimum Gasteiger partial charge on any atom is -0.507 e. The minimum atomic E-state index is -2.46. The van der Waals surface area contributed by atoms with Crippen LogP contribution in [0.25, 0.3) is 0 Å². The molecule has 1 saturated heterocycles. The van der Waals surface area contributed by atoms with Crippen LogP contribution in [0, 0.1) is 11.8 Å². The maximum Gasteiger partial charge on any atom is 0.407 e. The first kappa shape index (κ1) is 73.7. The molecular weight excluding hydrogens is 1260 g/mol. The Bertz CT molecular complexity index is 3550. The van der Waals surface area contributed by atoms with E-state index in [2.05, 4.69) is 31.9 Å². The molecule has 4 aliphatic rings. The number of ketones is 3. The molecule has 2 aliphatic heterocycles. The highest BCUT2D eigenvalue weighted by atomic mass is 16.7. The number of hydrogen-bond donors (Lipinski definition) is 13. The maximum atomic E-state index is 14.1.